The summed E-state index contributed by atoms with van der Waals surface area (Å²) in [5.41, 5.74) is 3.60. The Bertz CT molecular complexity index is 185. The van der Waals surface area contributed by atoms with Gasteiger partial charge >= 0.3 is 0 Å². The summed E-state index contributed by atoms with van der Waals surface area (Å²) in [7, 11) is -2.84. The monoisotopic (exact) mass is 170 g/mol. The Kier molecular flexibility index (Phi) is 1.71. The first-order valence-corrected chi connectivity index (χ1v) is 4.94. The second kappa shape index (κ2) is 2.11. The van der Waals surface area contributed by atoms with Crippen molar-refractivity contribution in [1.82, 2.24) is 0 Å². The van der Waals surface area contributed by atoms with Gasteiger partial charge in [0.1, 0.15) is 17.2 Å². The fraction of sp³-hybridized carbons (Fsp3) is 1.00. The second-order valence-corrected chi connectivity index (χ2v) is 5.07. The number of alkyl halides is 1. The lowest BCUT2D eigenvalue weighted by Crippen LogP contribution is -2.65. The van der Waals surface area contributed by atoms with Crippen LogP contribution >= 0.6 is 11.6 Å². The van der Waals surface area contributed by atoms with Gasteiger partial charge in [-0.2, -0.15) is 0 Å². The van der Waals surface area contributed by atoms with Crippen molar-refractivity contribution >= 4 is 21.4 Å². The van der Waals surface area contributed by atoms with Crippen LogP contribution in [0.15, 0.2) is 0 Å². The molecule has 54 valence electrons. The van der Waals surface area contributed by atoms with Crippen molar-refractivity contribution in [2.75, 3.05) is 11.5 Å². The van der Waals surface area contributed by atoms with Crippen LogP contribution < -0.4 is 5.73 Å². The standard InChI is InChI=1S/C4H8ClNO2S/c5-3-1-9(7,8)2-4(3)6/h3-4H,1-2,6H2/p+1/t3-,4-/m0/s1. The highest BCUT2D eigenvalue weighted by molar-refractivity contribution is 7.91. The lowest BCUT2D eigenvalue weighted by atomic mass is 10.3. The molecular formula is C4H9ClNO2S+. The van der Waals surface area contributed by atoms with Crippen LogP contribution in [0.2, 0.25) is 0 Å². The third-order valence-corrected chi connectivity index (χ3v) is 3.89. The lowest BCUT2D eigenvalue weighted by molar-refractivity contribution is -0.409. The molecular weight excluding hydrogens is 162 g/mol. The molecule has 1 saturated heterocycles. The number of rotatable bonds is 0. The third-order valence-electron chi connectivity index (χ3n) is 1.39. The molecule has 1 fully saturated rings. The molecule has 1 rings (SSSR count). The Balaban J connectivity index is 2.77. The summed E-state index contributed by atoms with van der Waals surface area (Å²) in [4.78, 5) is 0. The zero-order valence-corrected chi connectivity index (χ0v) is 6.45. The van der Waals surface area contributed by atoms with Gasteiger partial charge in [-0.3, -0.25) is 0 Å². The van der Waals surface area contributed by atoms with Crippen LogP contribution in [0.1, 0.15) is 0 Å². The van der Waals surface area contributed by atoms with E-state index in [1.54, 1.807) is 0 Å². The maximum Gasteiger partial charge on any atom is 0.157 e. The average molecular weight is 171 g/mol. The average Bonchev–Trinajstić information content (AvgIpc) is 1.79. The normalized spacial score (nSPS) is 41.1. The number of hydrogen-bond donors (Lipinski definition) is 1. The molecule has 2 atom stereocenters. The summed E-state index contributed by atoms with van der Waals surface area (Å²) in [6.07, 6.45) is 0. The van der Waals surface area contributed by atoms with Crippen molar-refractivity contribution in [3.63, 3.8) is 0 Å². The van der Waals surface area contributed by atoms with Crippen LogP contribution in [0, 0.1) is 0 Å². The van der Waals surface area contributed by atoms with Crippen LogP contribution in [-0.2, 0) is 9.84 Å². The SMILES string of the molecule is [NH3+][C@H]1CS(=O)(=O)C[C@@H]1Cl. The van der Waals surface area contributed by atoms with Gasteiger partial charge in [-0.15, -0.1) is 11.6 Å². The fourth-order valence-corrected chi connectivity index (χ4v) is 3.43. The minimum absolute atomic E-state index is 0.0999. The Morgan fingerprint density at radius 1 is 1.44 bits per heavy atom. The highest BCUT2D eigenvalue weighted by Crippen LogP contribution is 2.14. The van der Waals surface area contributed by atoms with Crippen LogP contribution in [-0.4, -0.2) is 31.3 Å². The van der Waals surface area contributed by atoms with Gasteiger partial charge in [0.2, 0.25) is 0 Å². The first-order chi connectivity index (χ1) is 4.01. The summed E-state index contributed by atoms with van der Waals surface area (Å²) < 4.78 is 21.5. The molecule has 0 aliphatic carbocycles. The first kappa shape index (κ1) is 7.31. The van der Waals surface area contributed by atoms with Gasteiger partial charge in [0.05, 0.1) is 5.75 Å². The van der Waals surface area contributed by atoms with E-state index in [1.807, 2.05) is 0 Å². The second-order valence-electron chi connectivity index (χ2n) is 2.35. The minimum atomic E-state index is -2.84. The van der Waals surface area contributed by atoms with Gasteiger partial charge in [-0.05, 0) is 0 Å². The van der Waals surface area contributed by atoms with E-state index in [-0.39, 0.29) is 22.9 Å². The molecule has 0 aromatic carbocycles. The summed E-state index contributed by atoms with van der Waals surface area (Å²) >= 11 is 5.61. The van der Waals surface area contributed by atoms with Crippen molar-refractivity contribution in [1.29, 1.82) is 0 Å². The molecule has 0 unspecified atom stereocenters. The van der Waals surface area contributed by atoms with E-state index in [0.29, 0.717) is 0 Å². The van der Waals surface area contributed by atoms with Gasteiger partial charge < -0.3 is 5.73 Å². The zero-order chi connectivity index (χ0) is 7.07. The van der Waals surface area contributed by atoms with Crippen molar-refractivity contribution < 1.29 is 14.2 Å². The van der Waals surface area contributed by atoms with Gasteiger partial charge in [-0.25, -0.2) is 8.42 Å². The fourth-order valence-electron chi connectivity index (χ4n) is 0.877. The van der Waals surface area contributed by atoms with Gasteiger partial charge in [-0.1, -0.05) is 0 Å². The molecule has 1 aliphatic rings. The maximum atomic E-state index is 10.7. The number of sulfone groups is 1. The lowest BCUT2D eigenvalue weighted by Gasteiger charge is -1.96. The van der Waals surface area contributed by atoms with E-state index in [9.17, 15) is 8.42 Å². The number of hydrogen-bond acceptors (Lipinski definition) is 2. The van der Waals surface area contributed by atoms with Gasteiger partial charge in [0.25, 0.3) is 0 Å². The van der Waals surface area contributed by atoms with E-state index in [4.69, 9.17) is 11.6 Å². The molecule has 0 aromatic heterocycles. The third kappa shape index (κ3) is 1.56. The van der Waals surface area contributed by atoms with Gasteiger partial charge in [0.15, 0.2) is 9.84 Å². The quantitative estimate of drug-likeness (QED) is 0.456. The van der Waals surface area contributed by atoms with Crippen LogP contribution in [0.5, 0.6) is 0 Å². The van der Waals surface area contributed by atoms with Crippen molar-refractivity contribution in [3.8, 4) is 0 Å². The molecule has 5 heteroatoms. The largest absolute Gasteiger partial charge is 0.353 e. The summed E-state index contributed by atoms with van der Waals surface area (Å²) in [6, 6.07) is -0.114. The number of halogens is 1. The summed E-state index contributed by atoms with van der Waals surface area (Å²) in [6.45, 7) is 0. The topological polar surface area (TPSA) is 61.8 Å². The molecule has 3 nitrogen and oxygen atoms in total. The molecule has 0 aromatic rings. The Morgan fingerprint density at radius 3 is 2.11 bits per heavy atom. The number of quaternary nitrogens is 1. The molecule has 1 heterocycles. The maximum absolute atomic E-state index is 10.7. The summed E-state index contributed by atoms with van der Waals surface area (Å²) in [5.74, 6) is 0.254. The Hall–Kier alpha value is 0.200. The van der Waals surface area contributed by atoms with Crippen molar-refractivity contribution in [3.05, 3.63) is 0 Å². The molecule has 9 heavy (non-hydrogen) atoms. The predicted molar refractivity (Wildman–Crippen MR) is 35.0 cm³/mol. The van der Waals surface area contributed by atoms with E-state index in [2.05, 4.69) is 5.73 Å². The zero-order valence-electron chi connectivity index (χ0n) is 4.88. The van der Waals surface area contributed by atoms with Crippen molar-refractivity contribution in [2.45, 2.75) is 11.4 Å². The smallest absolute Gasteiger partial charge is 0.157 e. The van der Waals surface area contributed by atoms with E-state index in [1.165, 1.54) is 0 Å². The van der Waals surface area contributed by atoms with Crippen molar-refractivity contribution in [2.24, 2.45) is 0 Å². The van der Waals surface area contributed by atoms with Crippen LogP contribution in [0.4, 0.5) is 0 Å². The molecule has 0 spiro atoms. The predicted octanol–water partition coefficient (Wildman–Crippen LogP) is -1.37. The molecule has 1 aliphatic heterocycles. The van der Waals surface area contributed by atoms with E-state index < -0.39 is 9.84 Å². The highest BCUT2D eigenvalue weighted by Gasteiger charge is 2.36. The molecule has 0 bridgehead atoms. The van der Waals surface area contributed by atoms with Gasteiger partial charge in [0, 0.05) is 0 Å². The highest BCUT2D eigenvalue weighted by atomic mass is 35.5. The van der Waals surface area contributed by atoms with E-state index >= 15 is 0 Å². The summed E-state index contributed by atoms with van der Waals surface area (Å²) in [5, 5.41) is -0.269. The molecule has 3 N–H and O–H groups in total. The Morgan fingerprint density at radius 2 is 2.00 bits per heavy atom. The Labute approximate surface area is 59.1 Å². The van der Waals surface area contributed by atoms with Crippen LogP contribution in [0.3, 0.4) is 0 Å². The van der Waals surface area contributed by atoms with E-state index in [0.717, 1.165) is 0 Å². The minimum Gasteiger partial charge on any atom is -0.353 e. The molecule has 0 saturated carbocycles. The first-order valence-electron chi connectivity index (χ1n) is 2.69. The molecule has 0 amide bonds. The molecule has 0 radical (unpaired) electrons. The van der Waals surface area contributed by atoms with Crippen LogP contribution in [0.25, 0.3) is 0 Å².